The van der Waals surface area contributed by atoms with Crippen molar-refractivity contribution in [3.05, 3.63) is 62.5 Å². The molecule has 2 aromatic carbocycles. The summed E-state index contributed by atoms with van der Waals surface area (Å²) in [7, 11) is 0. The molecule has 2 saturated heterocycles. The van der Waals surface area contributed by atoms with Crippen LogP contribution in [-0.2, 0) is 16.0 Å². The van der Waals surface area contributed by atoms with Gasteiger partial charge in [0.05, 0.1) is 18.8 Å². The van der Waals surface area contributed by atoms with Gasteiger partial charge >= 0.3 is 12.1 Å². The van der Waals surface area contributed by atoms with Crippen molar-refractivity contribution in [3.63, 3.8) is 0 Å². The van der Waals surface area contributed by atoms with Crippen LogP contribution in [0.2, 0.25) is 10.0 Å². The number of aliphatic hydroxyl groups excluding tert-OH is 1. The molecule has 2 aromatic rings. The molecule has 2 fully saturated rings. The fourth-order valence-electron chi connectivity index (χ4n) is 4.32. The molecule has 2 aliphatic rings. The lowest BCUT2D eigenvalue weighted by Gasteiger charge is -2.28. The normalized spacial score (nSPS) is 22.0. The Morgan fingerprint density at radius 2 is 1.85 bits per heavy atom. The Kier molecular flexibility index (Phi) is 6.86. The van der Waals surface area contributed by atoms with Crippen molar-refractivity contribution in [1.82, 2.24) is 10.2 Å². The van der Waals surface area contributed by atoms with Crippen molar-refractivity contribution < 1.29 is 24.2 Å². The van der Waals surface area contributed by atoms with Crippen LogP contribution in [0.5, 0.6) is 0 Å². The molecule has 0 aromatic heterocycles. The number of halogens is 3. The van der Waals surface area contributed by atoms with E-state index in [9.17, 15) is 14.4 Å². The first-order valence-corrected chi connectivity index (χ1v) is 11.7. The monoisotopic (exact) mass is 555 g/mol. The third-order valence-electron chi connectivity index (χ3n) is 5.66. The zero-order valence-corrected chi connectivity index (χ0v) is 20.4. The van der Waals surface area contributed by atoms with E-state index in [1.165, 1.54) is 23.1 Å². The Bertz CT molecular complexity index is 1080. The summed E-state index contributed by atoms with van der Waals surface area (Å²) in [6.07, 6.45) is -1.02. The highest BCUT2D eigenvalue weighted by Gasteiger charge is 2.63. The molecule has 2 atom stereocenters. The van der Waals surface area contributed by atoms with E-state index in [4.69, 9.17) is 33.0 Å². The summed E-state index contributed by atoms with van der Waals surface area (Å²) in [5.41, 5.74) is -0.104. The van der Waals surface area contributed by atoms with Gasteiger partial charge in [-0.1, -0.05) is 51.3 Å². The molecule has 0 unspecified atom stereocenters. The van der Waals surface area contributed by atoms with Gasteiger partial charge in [0.2, 0.25) is 0 Å². The van der Waals surface area contributed by atoms with Gasteiger partial charge in [0, 0.05) is 33.9 Å². The summed E-state index contributed by atoms with van der Waals surface area (Å²) >= 11 is 15.6. The molecule has 2 N–H and O–H groups in total. The predicted octanol–water partition coefficient (Wildman–Crippen LogP) is 4.00. The largest absolute Gasteiger partial charge is 0.444 e. The lowest BCUT2D eigenvalue weighted by atomic mass is 9.87. The smallest absolute Gasteiger partial charge is 0.407 e. The first kappa shape index (κ1) is 23.8. The molecular weight excluding hydrogens is 537 g/mol. The fraction of sp³-hybridized carbons (Fsp3) is 0.318. The van der Waals surface area contributed by atoms with Gasteiger partial charge in [-0.2, -0.15) is 0 Å². The number of rotatable bonds is 6. The maximum absolute atomic E-state index is 13.8. The zero-order valence-electron chi connectivity index (χ0n) is 17.3. The van der Waals surface area contributed by atoms with E-state index in [1.54, 1.807) is 0 Å². The Morgan fingerprint density at radius 1 is 1.18 bits per heavy atom. The average molecular weight is 557 g/mol. The SMILES string of the molecule is O=C(NCCO)O[C@H]1CN2C(=O)N(c3cc(Cl)cc(Cl)c3)C(=O)[C@]2(Cc2ccc(Br)cc2)C1. The molecule has 4 amide bonds. The maximum Gasteiger partial charge on any atom is 0.407 e. The van der Waals surface area contributed by atoms with E-state index in [2.05, 4.69) is 21.2 Å². The van der Waals surface area contributed by atoms with Gasteiger partial charge in [0.1, 0.15) is 11.6 Å². The number of aliphatic hydroxyl groups is 1. The Labute approximate surface area is 208 Å². The molecule has 33 heavy (non-hydrogen) atoms. The summed E-state index contributed by atoms with van der Waals surface area (Å²) in [6.45, 7) is -0.133. The quantitative estimate of drug-likeness (QED) is 0.524. The number of hydrogen-bond donors (Lipinski definition) is 2. The van der Waals surface area contributed by atoms with E-state index in [1.807, 2.05) is 24.3 Å². The number of imide groups is 1. The highest BCUT2D eigenvalue weighted by molar-refractivity contribution is 9.10. The number of amides is 4. The summed E-state index contributed by atoms with van der Waals surface area (Å²) in [5.74, 6) is -0.435. The van der Waals surface area contributed by atoms with Gasteiger partial charge in [-0.3, -0.25) is 4.79 Å². The first-order valence-electron chi connectivity index (χ1n) is 10.2. The second kappa shape index (κ2) is 9.50. The van der Waals surface area contributed by atoms with Crippen LogP contribution in [0.15, 0.2) is 46.9 Å². The highest BCUT2D eigenvalue weighted by Crippen LogP contribution is 2.44. The molecule has 0 aliphatic carbocycles. The van der Waals surface area contributed by atoms with Crippen molar-refractivity contribution in [2.75, 3.05) is 24.6 Å². The molecule has 0 saturated carbocycles. The third-order valence-corrected chi connectivity index (χ3v) is 6.63. The number of nitrogens with one attached hydrogen (secondary N) is 1. The fourth-order valence-corrected chi connectivity index (χ4v) is 5.10. The van der Waals surface area contributed by atoms with Crippen LogP contribution in [0, 0.1) is 0 Å². The summed E-state index contributed by atoms with van der Waals surface area (Å²) in [5, 5.41) is 11.9. The van der Waals surface area contributed by atoms with Crippen LogP contribution in [0.1, 0.15) is 12.0 Å². The molecule has 2 aliphatic heterocycles. The average Bonchev–Trinajstić information content (AvgIpc) is 3.20. The number of ether oxygens (including phenoxy) is 1. The lowest BCUT2D eigenvalue weighted by molar-refractivity contribution is -0.124. The van der Waals surface area contributed by atoms with Crippen LogP contribution < -0.4 is 10.2 Å². The number of fused-ring (bicyclic) bond motifs is 1. The van der Waals surface area contributed by atoms with Crippen LogP contribution in [0.25, 0.3) is 0 Å². The van der Waals surface area contributed by atoms with Crippen LogP contribution >= 0.6 is 39.1 Å². The van der Waals surface area contributed by atoms with Crippen molar-refractivity contribution >= 4 is 62.9 Å². The maximum atomic E-state index is 13.8. The second-order valence-corrected chi connectivity index (χ2v) is 9.67. The molecule has 0 radical (unpaired) electrons. The molecular formula is C22H20BrCl2N3O5. The van der Waals surface area contributed by atoms with Gasteiger partial charge in [-0.05, 0) is 35.9 Å². The molecule has 11 heteroatoms. The molecule has 8 nitrogen and oxygen atoms in total. The van der Waals surface area contributed by atoms with Gasteiger partial charge in [0.15, 0.2) is 0 Å². The molecule has 0 spiro atoms. The number of benzene rings is 2. The topological polar surface area (TPSA) is 99.2 Å². The Morgan fingerprint density at radius 3 is 2.48 bits per heavy atom. The van der Waals surface area contributed by atoms with Crippen LogP contribution in [0.3, 0.4) is 0 Å². The van der Waals surface area contributed by atoms with Gasteiger partial charge in [0.25, 0.3) is 5.91 Å². The Balaban J connectivity index is 1.67. The second-order valence-electron chi connectivity index (χ2n) is 7.88. The van der Waals surface area contributed by atoms with E-state index >= 15 is 0 Å². The minimum absolute atomic E-state index is 0.0421. The summed E-state index contributed by atoms with van der Waals surface area (Å²) < 4.78 is 6.32. The molecule has 0 bridgehead atoms. The summed E-state index contributed by atoms with van der Waals surface area (Å²) in [6, 6.07) is 11.5. The molecule has 2 heterocycles. The van der Waals surface area contributed by atoms with E-state index in [0.29, 0.717) is 10.0 Å². The number of carbonyl (C=O) groups excluding carboxylic acids is 3. The first-order chi connectivity index (χ1) is 15.7. The van der Waals surface area contributed by atoms with Crippen molar-refractivity contribution in [1.29, 1.82) is 0 Å². The Hall–Kier alpha value is -2.33. The number of hydrogen-bond acceptors (Lipinski definition) is 5. The minimum atomic E-state index is -1.23. The van der Waals surface area contributed by atoms with E-state index < -0.39 is 29.7 Å². The van der Waals surface area contributed by atoms with E-state index in [0.717, 1.165) is 14.9 Å². The minimum Gasteiger partial charge on any atom is -0.444 e. The molecule has 174 valence electrons. The standard InChI is InChI=1S/C22H20BrCl2N3O5/c23-14-3-1-13(2-4-14)10-22-11-18(33-20(31)26-5-6-29)12-27(22)21(32)28(19(22)30)17-8-15(24)7-16(25)9-17/h1-4,7-9,18,29H,5-6,10-12H2,(H,26,31)/t18-,22+/m1/s1. The number of urea groups is 1. The van der Waals surface area contributed by atoms with Crippen LogP contribution in [0.4, 0.5) is 15.3 Å². The number of carbonyl (C=O) groups is 3. The number of alkyl carbamates (subject to hydrolysis) is 1. The van der Waals surface area contributed by atoms with Gasteiger partial charge in [-0.15, -0.1) is 0 Å². The lowest BCUT2D eigenvalue weighted by Crippen LogP contribution is -2.47. The van der Waals surface area contributed by atoms with Crippen LogP contribution in [-0.4, -0.2) is 59.4 Å². The van der Waals surface area contributed by atoms with Gasteiger partial charge in [-0.25, -0.2) is 14.5 Å². The number of anilines is 1. The molecule has 4 rings (SSSR count). The highest BCUT2D eigenvalue weighted by atomic mass is 79.9. The van der Waals surface area contributed by atoms with Gasteiger partial charge < -0.3 is 20.1 Å². The third kappa shape index (κ3) is 4.68. The number of nitrogens with zero attached hydrogens (tertiary/aromatic N) is 2. The van der Waals surface area contributed by atoms with Crippen molar-refractivity contribution in [2.45, 2.75) is 24.5 Å². The zero-order chi connectivity index (χ0) is 23.8. The van der Waals surface area contributed by atoms with Crippen molar-refractivity contribution in [3.8, 4) is 0 Å². The van der Waals surface area contributed by atoms with Crippen molar-refractivity contribution in [2.24, 2.45) is 0 Å². The summed E-state index contributed by atoms with van der Waals surface area (Å²) in [4.78, 5) is 41.8. The van der Waals surface area contributed by atoms with E-state index in [-0.39, 0.29) is 38.2 Å². The predicted molar refractivity (Wildman–Crippen MR) is 127 cm³/mol.